The summed E-state index contributed by atoms with van der Waals surface area (Å²) in [7, 11) is -3.77. The molecule has 1 fully saturated rings. The van der Waals surface area contributed by atoms with Crippen LogP contribution in [0.1, 0.15) is 50.6 Å². The van der Waals surface area contributed by atoms with Crippen molar-refractivity contribution >= 4 is 38.6 Å². The van der Waals surface area contributed by atoms with Crippen LogP contribution in [0.25, 0.3) is 10.9 Å². The molecule has 0 unspecified atom stereocenters. The molecule has 0 aliphatic heterocycles. The number of pyridine rings is 1. The summed E-state index contributed by atoms with van der Waals surface area (Å²) >= 11 is 0. The lowest BCUT2D eigenvalue weighted by Gasteiger charge is -2.29. The predicted octanol–water partition coefficient (Wildman–Crippen LogP) is 3.98. The van der Waals surface area contributed by atoms with Gasteiger partial charge in [0.05, 0.1) is 22.9 Å². The number of anilines is 1. The maximum Gasteiger partial charge on any atom is 0.305 e. The summed E-state index contributed by atoms with van der Waals surface area (Å²) in [5, 5.41) is 15.3. The summed E-state index contributed by atoms with van der Waals surface area (Å²) in [6, 6.07) is 13.6. The fourth-order valence-electron chi connectivity index (χ4n) is 4.59. The summed E-state index contributed by atoms with van der Waals surface area (Å²) in [5.74, 6) is -1.01. The molecule has 0 saturated heterocycles. The molecule has 1 aliphatic carbocycles. The molecule has 0 spiro atoms. The van der Waals surface area contributed by atoms with Gasteiger partial charge in [0.1, 0.15) is 11.6 Å². The molecule has 0 radical (unpaired) electrons. The maximum atomic E-state index is 13.2. The van der Waals surface area contributed by atoms with E-state index in [-0.39, 0.29) is 47.6 Å². The first kappa shape index (κ1) is 27.5. The Morgan fingerprint density at radius 3 is 2.45 bits per heavy atom. The first-order valence-electron chi connectivity index (χ1n) is 12.6. The van der Waals surface area contributed by atoms with Crippen LogP contribution in [0.2, 0.25) is 0 Å². The number of nitrogens with zero attached hydrogens (tertiary/aromatic N) is 1. The Labute approximate surface area is 220 Å². The Morgan fingerprint density at radius 2 is 1.76 bits per heavy atom. The molecule has 1 atom stereocenters. The second-order valence-electron chi connectivity index (χ2n) is 9.57. The number of amides is 1. The number of hydrogen-bond donors (Lipinski definition) is 4. The lowest BCUT2D eigenvalue weighted by molar-refractivity contribution is -0.136. The van der Waals surface area contributed by atoms with Crippen molar-refractivity contribution in [3.8, 4) is 0 Å². The van der Waals surface area contributed by atoms with Crippen molar-refractivity contribution in [2.24, 2.45) is 5.92 Å². The van der Waals surface area contributed by atoms with Crippen molar-refractivity contribution in [2.75, 3.05) is 11.9 Å². The molecule has 4 rings (SSSR count). The third-order valence-electron chi connectivity index (χ3n) is 6.76. The van der Waals surface area contributed by atoms with Gasteiger partial charge < -0.3 is 15.7 Å². The number of benzene rings is 2. The smallest absolute Gasteiger partial charge is 0.305 e. The standard InChI is InChI=1S/C27H31FN4O5S/c1-17(18-2-7-21(28)8-3-18)30-27(35)19-4-9-22(10-5-19)32-38(36,37)23-11-12-24-20(16-23)6-13-25(31-24)29-15-14-26(33)34/h2-3,6-8,11-13,16-17,19,22,32H,4-5,9-10,14-15H2,1H3,(H,29,31)(H,30,35)(H,33,34)/t17-,19-,22-/m1/s1. The quantitative estimate of drug-likeness (QED) is 0.304. The molecule has 3 aromatic rings. The van der Waals surface area contributed by atoms with Crippen molar-refractivity contribution in [2.45, 2.75) is 56.0 Å². The van der Waals surface area contributed by atoms with Gasteiger partial charge in [-0.2, -0.15) is 0 Å². The Bertz CT molecular complexity index is 1410. The minimum Gasteiger partial charge on any atom is -0.481 e. The highest BCUT2D eigenvalue weighted by Gasteiger charge is 2.30. The fraction of sp³-hybridized carbons (Fsp3) is 0.370. The van der Waals surface area contributed by atoms with E-state index in [4.69, 9.17) is 5.11 Å². The monoisotopic (exact) mass is 542 g/mol. The highest BCUT2D eigenvalue weighted by molar-refractivity contribution is 7.89. The van der Waals surface area contributed by atoms with Crippen LogP contribution in [0, 0.1) is 11.7 Å². The average Bonchev–Trinajstić information content (AvgIpc) is 2.88. The zero-order chi connectivity index (χ0) is 27.3. The molecular weight excluding hydrogens is 511 g/mol. The number of nitrogens with one attached hydrogen (secondary N) is 3. The van der Waals surface area contributed by atoms with E-state index in [1.165, 1.54) is 18.2 Å². The number of carbonyl (C=O) groups is 2. The molecular formula is C27H31FN4O5S. The topological polar surface area (TPSA) is 137 Å². The summed E-state index contributed by atoms with van der Waals surface area (Å²) in [4.78, 5) is 27.9. The third kappa shape index (κ3) is 7.05. The van der Waals surface area contributed by atoms with Gasteiger partial charge in [0.15, 0.2) is 0 Å². The molecule has 1 saturated carbocycles. The Hall–Kier alpha value is -3.57. The third-order valence-corrected chi connectivity index (χ3v) is 8.28. The Morgan fingerprint density at radius 1 is 1.05 bits per heavy atom. The molecule has 1 aromatic heterocycles. The number of halogens is 1. The highest BCUT2D eigenvalue weighted by atomic mass is 32.2. The highest BCUT2D eigenvalue weighted by Crippen LogP contribution is 2.27. The van der Waals surface area contributed by atoms with Gasteiger partial charge in [0.25, 0.3) is 0 Å². The molecule has 38 heavy (non-hydrogen) atoms. The Kier molecular flexibility index (Phi) is 8.58. The normalized spacial score (nSPS) is 18.6. The molecule has 9 nitrogen and oxygen atoms in total. The summed E-state index contributed by atoms with van der Waals surface area (Å²) in [6.07, 6.45) is 2.18. The number of carbonyl (C=O) groups excluding carboxylic acids is 1. The minimum atomic E-state index is -3.77. The van der Waals surface area contributed by atoms with Gasteiger partial charge >= 0.3 is 5.97 Å². The number of fused-ring (bicyclic) bond motifs is 1. The van der Waals surface area contributed by atoms with Crippen LogP contribution in [0.4, 0.5) is 10.2 Å². The van der Waals surface area contributed by atoms with E-state index in [1.54, 1.807) is 36.4 Å². The van der Waals surface area contributed by atoms with E-state index >= 15 is 0 Å². The first-order chi connectivity index (χ1) is 18.1. The van der Waals surface area contributed by atoms with Crippen LogP contribution in [0.15, 0.2) is 59.5 Å². The fourth-order valence-corrected chi connectivity index (χ4v) is 5.93. The molecule has 202 valence electrons. The second kappa shape index (κ2) is 11.9. The van der Waals surface area contributed by atoms with Gasteiger partial charge in [0, 0.05) is 23.9 Å². The lowest BCUT2D eigenvalue weighted by atomic mass is 9.85. The van der Waals surface area contributed by atoms with Crippen molar-refractivity contribution in [1.29, 1.82) is 0 Å². The number of carboxylic acids is 1. The first-order valence-corrected chi connectivity index (χ1v) is 14.0. The number of carboxylic acid groups (broad SMARTS) is 1. The van der Waals surface area contributed by atoms with Crippen molar-refractivity contribution in [3.05, 3.63) is 66.0 Å². The number of hydrogen-bond acceptors (Lipinski definition) is 6. The second-order valence-corrected chi connectivity index (χ2v) is 11.3. The van der Waals surface area contributed by atoms with Gasteiger partial charge in [-0.15, -0.1) is 0 Å². The summed E-state index contributed by atoms with van der Waals surface area (Å²) < 4.78 is 42.0. The number of rotatable bonds is 10. The zero-order valence-corrected chi connectivity index (χ0v) is 21.8. The summed E-state index contributed by atoms with van der Waals surface area (Å²) in [6.45, 7) is 2.09. The van der Waals surface area contributed by atoms with Crippen LogP contribution in [-0.4, -0.2) is 43.0 Å². The van der Waals surface area contributed by atoms with Crippen molar-refractivity contribution in [3.63, 3.8) is 0 Å². The van der Waals surface area contributed by atoms with Gasteiger partial charge in [0.2, 0.25) is 15.9 Å². The molecule has 0 bridgehead atoms. The zero-order valence-electron chi connectivity index (χ0n) is 21.0. The number of sulfonamides is 1. The molecule has 1 heterocycles. The number of aliphatic carboxylic acids is 1. The summed E-state index contributed by atoms with van der Waals surface area (Å²) in [5.41, 5.74) is 1.41. The molecule has 1 aliphatic rings. The van der Waals surface area contributed by atoms with Crippen LogP contribution in [0.3, 0.4) is 0 Å². The van der Waals surface area contributed by atoms with Crippen LogP contribution in [-0.2, 0) is 19.6 Å². The van der Waals surface area contributed by atoms with Crippen molar-refractivity contribution in [1.82, 2.24) is 15.0 Å². The molecule has 4 N–H and O–H groups in total. The van der Waals surface area contributed by atoms with Gasteiger partial charge in [-0.05, 0) is 80.6 Å². The lowest BCUT2D eigenvalue weighted by Crippen LogP contribution is -2.41. The van der Waals surface area contributed by atoms with Gasteiger partial charge in [-0.3, -0.25) is 9.59 Å². The van der Waals surface area contributed by atoms with Crippen LogP contribution in [0.5, 0.6) is 0 Å². The van der Waals surface area contributed by atoms with E-state index in [0.29, 0.717) is 42.4 Å². The maximum absolute atomic E-state index is 13.2. The van der Waals surface area contributed by atoms with E-state index in [0.717, 1.165) is 5.56 Å². The van der Waals surface area contributed by atoms with Gasteiger partial charge in [-0.1, -0.05) is 12.1 Å². The predicted molar refractivity (Wildman–Crippen MR) is 142 cm³/mol. The van der Waals surface area contributed by atoms with Gasteiger partial charge in [-0.25, -0.2) is 22.5 Å². The molecule has 11 heteroatoms. The minimum absolute atomic E-state index is 0.0374. The molecule has 1 amide bonds. The number of aromatic nitrogens is 1. The van der Waals surface area contributed by atoms with E-state index < -0.39 is 16.0 Å². The van der Waals surface area contributed by atoms with E-state index in [1.807, 2.05) is 6.92 Å². The van der Waals surface area contributed by atoms with E-state index in [2.05, 4.69) is 20.3 Å². The molecule has 2 aromatic carbocycles. The van der Waals surface area contributed by atoms with Crippen LogP contribution < -0.4 is 15.4 Å². The Balaban J connectivity index is 1.31. The SMILES string of the molecule is C[C@@H](NC(=O)[C@H]1CC[C@H](NS(=O)(=O)c2ccc3nc(NCCC(=O)O)ccc3c2)CC1)c1ccc(F)cc1. The largest absolute Gasteiger partial charge is 0.481 e. The van der Waals surface area contributed by atoms with Crippen molar-refractivity contribution < 1.29 is 27.5 Å². The van der Waals surface area contributed by atoms with E-state index in [9.17, 15) is 22.4 Å². The van der Waals surface area contributed by atoms with Crippen LogP contribution >= 0.6 is 0 Å². The average molecular weight is 543 g/mol.